The molecule has 0 saturated carbocycles. The number of carbonyl (C=O) groups excluding carboxylic acids is 2. The summed E-state index contributed by atoms with van der Waals surface area (Å²) in [5.41, 5.74) is 0.791. The van der Waals surface area contributed by atoms with Crippen LogP contribution in [0.15, 0.2) is 54.6 Å². The second-order valence-corrected chi connectivity index (χ2v) is 5.46. The van der Waals surface area contributed by atoms with Gasteiger partial charge in [0.15, 0.2) is 12.7 Å². The molecule has 0 bridgehead atoms. The summed E-state index contributed by atoms with van der Waals surface area (Å²) in [7, 11) is 0. The Morgan fingerprint density at radius 1 is 1.08 bits per heavy atom. The van der Waals surface area contributed by atoms with Crippen molar-refractivity contribution in [3.8, 4) is 5.75 Å². The number of esters is 1. The van der Waals surface area contributed by atoms with E-state index >= 15 is 0 Å². The molecule has 1 atom stereocenters. The normalized spacial score (nSPS) is 11.4. The summed E-state index contributed by atoms with van der Waals surface area (Å²) in [6, 6.07) is 16.1. The molecule has 0 aliphatic rings. The number of carbonyl (C=O) groups is 2. The van der Waals surface area contributed by atoms with Crippen LogP contribution in [0.3, 0.4) is 0 Å². The highest BCUT2D eigenvalue weighted by molar-refractivity contribution is 6.31. The average Bonchev–Trinajstić information content (AvgIpc) is 2.59. The second-order valence-electron chi connectivity index (χ2n) is 5.05. The van der Waals surface area contributed by atoms with Gasteiger partial charge in [0.1, 0.15) is 5.75 Å². The number of benzene rings is 2. The molecule has 0 unspecified atom stereocenters. The zero-order valence-electron chi connectivity index (χ0n) is 13.2. The summed E-state index contributed by atoms with van der Waals surface area (Å²) in [4.78, 5) is 23.6. The van der Waals surface area contributed by atoms with Crippen molar-refractivity contribution in [1.82, 2.24) is 5.32 Å². The Morgan fingerprint density at radius 3 is 2.46 bits per heavy atom. The molecule has 6 heteroatoms. The number of amides is 1. The quantitative estimate of drug-likeness (QED) is 0.782. The molecule has 1 amide bonds. The van der Waals surface area contributed by atoms with Crippen LogP contribution in [0.4, 0.5) is 0 Å². The van der Waals surface area contributed by atoms with Crippen LogP contribution in [0.25, 0.3) is 0 Å². The summed E-state index contributed by atoms with van der Waals surface area (Å²) < 4.78 is 10.4. The van der Waals surface area contributed by atoms with E-state index in [4.69, 9.17) is 21.1 Å². The Bertz CT molecular complexity index is 690. The van der Waals surface area contributed by atoms with Gasteiger partial charge in [0, 0.05) is 11.6 Å². The van der Waals surface area contributed by atoms with Crippen LogP contribution in [0.1, 0.15) is 12.5 Å². The molecule has 0 fully saturated rings. The van der Waals surface area contributed by atoms with Crippen molar-refractivity contribution >= 4 is 23.5 Å². The van der Waals surface area contributed by atoms with Crippen LogP contribution in [-0.2, 0) is 20.9 Å². The summed E-state index contributed by atoms with van der Waals surface area (Å²) >= 11 is 6.00. The number of hydrogen-bond acceptors (Lipinski definition) is 4. The summed E-state index contributed by atoms with van der Waals surface area (Å²) in [5.74, 6) is -0.452. The number of para-hydroxylation sites is 1. The van der Waals surface area contributed by atoms with Crippen LogP contribution in [-0.4, -0.2) is 24.6 Å². The molecular formula is C18H18ClNO4. The van der Waals surface area contributed by atoms with Gasteiger partial charge in [-0.3, -0.25) is 4.79 Å². The minimum absolute atomic E-state index is 0.270. The van der Waals surface area contributed by atoms with Crippen LogP contribution in [0.2, 0.25) is 5.02 Å². The van der Waals surface area contributed by atoms with E-state index in [0.29, 0.717) is 10.8 Å². The van der Waals surface area contributed by atoms with Gasteiger partial charge in [-0.2, -0.15) is 0 Å². The van der Waals surface area contributed by atoms with E-state index in [1.54, 1.807) is 37.3 Å². The Kier molecular flexibility index (Phi) is 6.63. The van der Waals surface area contributed by atoms with Crippen LogP contribution < -0.4 is 10.1 Å². The molecule has 0 radical (unpaired) electrons. The van der Waals surface area contributed by atoms with Gasteiger partial charge in [-0.05, 0) is 30.7 Å². The van der Waals surface area contributed by atoms with Crippen LogP contribution >= 0.6 is 11.6 Å². The highest BCUT2D eigenvalue weighted by Gasteiger charge is 2.17. The third-order valence-electron chi connectivity index (χ3n) is 3.17. The number of hydrogen-bond donors (Lipinski definition) is 1. The molecule has 5 nitrogen and oxygen atoms in total. The first-order valence-electron chi connectivity index (χ1n) is 7.44. The van der Waals surface area contributed by atoms with Crippen molar-refractivity contribution in [1.29, 1.82) is 0 Å². The topological polar surface area (TPSA) is 64.6 Å². The zero-order valence-corrected chi connectivity index (χ0v) is 14.0. The van der Waals surface area contributed by atoms with E-state index in [1.807, 2.05) is 24.3 Å². The molecule has 0 saturated heterocycles. The lowest BCUT2D eigenvalue weighted by Gasteiger charge is -2.14. The summed E-state index contributed by atoms with van der Waals surface area (Å²) in [5, 5.41) is 3.21. The minimum atomic E-state index is -0.802. The predicted molar refractivity (Wildman–Crippen MR) is 90.8 cm³/mol. The molecule has 126 valence electrons. The van der Waals surface area contributed by atoms with E-state index in [-0.39, 0.29) is 13.2 Å². The van der Waals surface area contributed by atoms with Crippen LogP contribution in [0, 0.1) is 0 Å². The zero-order chi connectivity index (χ0) is 17.4. The van der Waals surface area contributed by atoms with Crippen molar-refractivity contribution in [2.45, 2.75) is 19.6 Å². The highest BCUT2D eigenvalue weighted by Crippen LogP contribution is 2.14. The van der Waals surface area contributed by atoms with Crippen molar-refractivity contribution in [2.24, 2.45) is 0 Å². The Morgan fingerprint density at radius 2 is 1.75 bits per heavy atom. The molecule has 2 aromatic carbocycles. The first-order valence-corrected chi connectivity index (χ1v) is 7.82. The smallest absolute Gasteiger partial charge is 0.347 e. The molecule has 0 spiro atoms. The van der Waals surface area contributed by atoms with Gasteiger partial charge in [0.25, 0.3) is 5.91 Å². The largest absolute Gasteiger partial charge is 0.479 e. The van der Waals surface area contributed by atoms with Gasteiger partial charge in [-0.25, -0.2) is 4.79 Å². The van der Waals surface area contributed by atoms with Gasteiger partial charge < -0.3 is 14.8 Å². The standard InChI is InChI=1S/C18H18ClNO4/c1-13(24-15-8-3-2-4-9-15)18(22)23-12-17(21)20-11-14-7-5-6-10-16(14)19/h2-10,13H,11-12H2,1H3,(H,20,21)/t13-/m1/s1. The molecule has 2 aromatic rings. The third kappa shape index (κ3) is 5.59. The molecule has 24 heavy (non-hydrogen) atoms. The summed E-state index contributed by atoms with van der Waals surface area (Å²) in [6.07, 6.45) is -0.802. The fraction of sp³-hybridized carbons (Fsp3) is 0.222. The SMILES string of the molecule is C[C@@H](Oc1ccccc1)C(=O)OCC(=O)NCc1ccccc1Cl. The Hall–Kier alpha value is -2.53. The molecule has 0 aliphatic carbocycles. The number of rotatable bonds is 7. The fourth-order valence-electron chi connectivity index (χ4n) is 1.89. The molecule has 0 heterocycles. The first kappa shape index (κ1) is 17.8. The first-order chi connectivity index (χ1) is 11.6. The number of halogens is 1. The maximum Gasteiger partial charge on any atom is 0.347 e. The van der Waals surface area contributed by atoms with E-state index in [1.165, 1.54) is 0 Å². The van der Waals surface area contributed by atoms with Gasteiger partial charge in [0.2, 0.25) is 0 Å². The monoisotopic (exact) mass is 347 g/mol. The lowest BCUT2D eigenvalue weighted by Crippen LogP contribution is -2.32. The van der Waals surface area contributed by atoms with Crippen molar-refractivity contribution in [3.63, 3.8) is 0 Å². The van der Waals surface area contributed by atoms with Gasteiger partial charge in [-0.1, -0.05) is 48.0 Å². The molecule has 0 aliphatic heterocycles. The Labute approximate surface area is 145 Å². The average molecular weight is 348 g/mol. The molecular weight excluding hydrogens is 330 g/mol. The van der Waals surface area contributed by atoms with Crippen LogP contribution in [0.5, 0.6) is 5.75 Å². The lowest BCUT2D eigenvalue weighted by atomic mass is 10.2. The van der Waals surface area contributed by atoms with E-state index in [9.17, 15) is 9.59 Å². The molecule has 1 N–H and O–H groups in total. The van der Waals surface area contributed by atoms with Crippen molar-refractivity contribution in [2.75, 3.05) is 6.61 Å². The minimum Gasteiger partial charge on any atom is -0.479 e. The maximum atomic E-state index is 11.8. The van der Waals surface area contributed by atoms with E-state index in [0.717, 1.165) is 5.56 Å². The number of ether oxygens (including phenoxy) is 2. The van der Waals surface area contributed by atoms with Crippen molar-refractivity contribution in [3.05, 3.63) is 65.2 Å². The fourth-order valence-corrected chi connectivity index (χ4v) is 2.09. The number of nitrogens with one attached hydrogen (secondary N) is 1. The Balaban J connectivity index is 1.73. The van der Waals surface area contributed by atoms with Gasteiger partial charge in [-0.15, -0.1) is 0 Å². The second kappa shape index (κ2) is 8.93. The maximum absolute atomic E-state index is 11.8. The van der Waals surface area contributed by atoms with Gasteiger partial charge >= 0.3 is 5.97 Å². The molecule has 0 aromatic heterocycles. The predicted octanol–water partition coefficient (Wildman–Crippen LogP) is 2.97. The molecule has 2 rings (SSSR count). The highest BCUT2D eigenvalue weighted by atomic mass is 35.5. The summed E-state index contributed by atoms with van der Waals surface area (Å²) in [6.45, 7) is 1.47. The van der Waals surface area contributed by atoms with E-state index in [2.05, 4.69) is 5.32 Å². The third-order valence-corrected chi connectivity index (χ3v) is 3.54. The van der Waals surface area contributed by atoms with E-state index < -0.39 is 18.0 Å². The lowest BCUT2D eigenvalue weighted by molar-refractivity contribution is -0.154. The van der Waals surface area contributed by atoms with Crippen molar-refractivity contribution < 1.29 is 19.1 Å². The van der Waals surface area contributed by atoms with Gasteiger partial charge in [0.05, 0.1) is 0 Å².